The molecule has 9 heteroatoms. The Balaban J connectivity index is 1.70. The molecular formula is C18H15FN4O2S2. The molecule has 0 atom stereocenters. The van der Waals surface area contributed by atoms with Crippen molar-refractivity contribution in [1.82, 2.24) is 14.8 Å². The van der Waals surface area contributed by atoms with Crippen LogP contribution in [0.3, 0.4) is 0 Å². The van der Waals surface area contributed by atoms with Crippen LogP contribution in [0.5, 0.6) is 0 Å². The lowest BCUT2D eigenvalue weighted by Gasteiger charge is -2.07. The predicted molar refractivity (Wildman–Crippen MR) is 103 cm³/mol. The molecule has 138 valence electrons. The summed E-state index contributed by atoms with van der Waals surface area (Å²) in [5.74, 6) is -0.430. The summed E-state index contributed by atoms with van der Waals surface area (Å²) in [4.78, 5) is 4.65. The first-order valence-electron chi connectivity index (χ1n) is 8.04. The molecule has 0 saturated heterocycles. The molecule has 0 unspecified atom stereocenters. The second-order valence-corrected chi connectivity index (χ2v) is 8.77. The van der Waals surface area contributed by atoms with Gasteiger partial charge in [0, 0.05) is 11.4 Å². The molecular weight excluding hydrogens is 387 g/mol. The number of anilines is 1. The lowest BCUT2D eigenvalue weighted by atomic mass is 10.3. The number of hydrogen-bond donors (Lipinski definition) is 1. The Morgan fingerprint density at radius 3 is 2.48 bits per heavy atom. The zero-order valence-corrected chi connectivity index (χ0v) is 16.1. The van der Waals surface area contributed by atoms with Crippen LogP contribution in [-0.4, -0.2) is 23.2 Å². The van der Waals surface area contributed by atoms with Crippen molar-refractivity contribution in [3.8, 4) is 5.13 Å². The largest absolute Gasteiger partial charge is 0.280 e. The lowest BCUT2D eigenvalue weighted by molar-refractivity contribution is 0.601. The maximum Gasteiger partial charge on any atom is 0.261 e. The predicted octanol–water partition coefficient (Wildman–Crippen LogP) is 4.04. The summed E-state index contributed by atoms with van der Waals surface area (Å²) in [5.41, 5.74) is 2.84. The zero-order chi connectivity index (χ0) is 19.2. The Morgan fingerprint density at radius 1 is 1.07 bits per heavy atom. The summed E-state index contributed by atoms with van der Waals surface area (Å²) in [6.45, 7) is 3.84. The Kier molecular flexibility index (Phi) is 4.20. The molecule has 6 nitrogen and oxygen atoms in total. The van der Waals surface area contributed by atoms with Gasteiger partial charge in [-0.1, -0.05) is 11.3 Å². The first-order valence-corrected chi connectivity index (χ1v) is 10.3. The Hall–Kier alpha value is -2.78. The molecule has 2 aromatic heterocycles. The van der Waals surface area contributed by atoms with E-state index in [1.54, 1.807) is 16.8 Å². The molecule has 0 radical (unpaired) electrons. The van der Waals surface area contributed by atoms with E-state index in [-0.39, 0.29) is 4.90 Å². The molecule has 27 heavy (non-hydrogen) atoms. The van der Waals surface area contributed by atoms with Gasteiger partial charge in [-0.3, -0.25) is 4.72 Å². The molecule has 4 aromatic rings. The van der Waals surface area contributed by atoms with Crippen molar-refractivity contribution in [3.63, 3.8) is 0 Å². The molecule has 0 aliphatic carbocycles. The van der Waals surface area contributed by atoms with Crippen molar-refractivity contribution in [2.24, 2.45) is 0 Å². The smallest absolute Gasteiger partial charge is 0.261 e. The highest BCUT2D eigenvalue weighted by atomic mass is 32.2. The van der Waals surface area contributed by atoms with Gasteiger partial charge in [-0.15, -0.1) is 0 Å². The molecule has 0 bridgehead atoms. The van der Waals surface area contributed by atoms with E-state index in [9.17, 15) is 12.8 Å². The van der Waals surface area contributed by atoms with Crippen LogP contribution in [0.2, 0.25) is 0 Å². The standard InChI is InChI=1S/C18H15FN4O2S2/c1-11-9-12(2)23(21-11)18-20-16-8-7-15(10-17(16)26-18)27(24,25)22-14-5-3-13(19)4-6-14/h3-10,22H,1-2H3. The van der Waals surface area contributed by atoms with Gasteiger partial charge in [0.25, 0.3) is 10.0 Å². The van der Waals surface area contributed by atoms with Crippen LogP contribution >= 0.6 is 11.3 Å². The average molecular weight is 402 g/mol. The molecule has 2 aromatic carbocycles. The molecule has 1 N–H and O–H groups in total. The highest BCUT2D eigenvalue weighted by Gasteiger charge is 2.17. The number of thiazole rings is 1. The third kappa shape index (κ3) is 3.43. The summed E-state index contributed by atoms with van der Waals surface area (Å²) in [5, 5.41) is 5.09. The van der Waals surface area contributed by atoms with Crippen molar-refractivity contribution in [3.05, 3.63) is 65.7 Å². The monoisotopic (exact) mass is 402 g/mol. The van der Waals surface area contributed by atoms with Crippen molar-refractivity contribution < 1.29 is 12.8 Å². The summed E-state index contributed by atoms with van der Waals surface area (Å²) >= 11 is 1.36. The van der Waals surface area contributed by atoms with E-state index >= 15 is 0 Å². The number of aromatic nitrogens is 3. The van der Waals surface area contributed by atoms with Crippen molar-refractivity contribution in [1.29, 1.82) is 0 Å². The van der Waals surface area contributed by atoms with Crippen LogP contribution in [0.4, 0.5) is 10.1 Å². The van der Waals surface area contributed by atoms with Crippen LogP contribution in [0.25, 0.3) is 15.3 Å². The fourth-order valence-electron chi connectivity index (χ4n) is 2.71. The summed E-state index contributed by atoms with van der Waals surface area (Å²) in [7, 11) is -3.79. The maximum atomic E-state index is 13.0. The Morgan fingerprint density at radius 2 is 1.81 bits per heavy atom. The number of nitrogens with zero attached hydrogens (tertiary/aromatic N) is 3. The fourth-order valence-corrected chi connectivity index (χ4v) is 4.88. The van der Waals surface area contributed by atoms with Gasteiger partial charge in [0.1, 0.15) is 5.82 Å². The molecule has 0 aliphatic heterocycles. The first kappa shape index (κ1) is 17.6. The highest BCUT2D eigenvalue weighted by Crippen LogP contribution is 2.28. The molecule has 0 fully saturated rings. The minimum Gasteiger partial charge on any atom is -0.280 e. The van der Waals surface area contributed by atoms with Crippen LogP contribution in [0.15, 0.2) is 53.4 Å². The number of rotatable bonds is 4. The lowest BCUT2D eigenvalue weighted by Crippen LogP contribution is -2.12. The van der Waals surface area contributed by atoms with Gasteiger partial charge < -0.3 is 0 Å². The Bertz CT molecular complexity index is 1240. The van der Waals surface area contributed by atoms with E-state index in [2.05, 4.69) is 14.8 Å². The van der Waals surface area contributed by atoms with E-state index < -0.39 is 15.8 Å². The minimum atomic E-state index is -3.79. The number of nitrogens with one attached hydrogen (secondary N) is 1. The van der Waals surface area contributed by atoms with E-state index in [4.69, 9.17) is 0 Å². The van der Waals surface area contributed by atoms with Crippen LogP contribution in [0.1, 0.15) is 11.4 Å². The van der Waals surface area contributed by atoms with Crippen molar-refractivity contribution in [2.75, 3.05) is 4.72 Å². The van der Waals surface area contributed by atoms with Crippen LogP contribution in [-0.2, 0) is 10.0 Å². The second-order valence-electron chi connectivity index (χ2n) is 6.08. The topological polar surface area (TPSA) is 76.9 Å². The number of aryl methyl sites for hydroxylation is 2. The van der Waals surface area contributed by atoms with E-state index in [0.29, 0.717) is 16.3 Å². The van der Waals surface area contributed by atoms with E-state index in [1.807, 2.05) is 19.9 Å². The maximum absolute atomic E-state index is 13.0. The third-order valence-electron chi connectivity index (χ3n) is 3.95. The Labute approximate surface area is 159 Å². The SMILES string of the molecule is Cc1cc(C)n(-c2nc3ccc(S(=O)(=O)Nc4ccc(F)cc4)cc3s2)n1. The normalized spacial score (nSPS) is 11.8. The van der Waals surface area contributed by atoms with Crippen molar-refractivity contribution in [2.45, 2.75) is 18.7 Å². The first-order chi connectivity index (χ1) is 12.8. The summed E-state index contributed by atoms with van der Waals surface area (Å²) in [6, 6.07) is 11.8. The summed E-state index contributed by atoms with van der Waals surface area (Å²) < 4.78 is 43.2. The molecule has 0 spiro atoms. The van der Waals surface area contributed by atoms with Gasteiger partial charge in [-0.25, -0.2) is 22.5 Å². The number of halogens is 1. The number of sulfonamides is 1. The molecule has 0 amide bonds. The average Bonchev–Trinajstić information content (AvgIpc) is 3.18. The van der Waals surface area contributed by atoms with Crippen LogP contribution in [0, 0.1) is 19.7 Å². The molecule has 4 rings (SSSR count). The third-order valence-corrected chi connectivity index (χ3v) is 6.32. The molecule has 2 heterocycles. The second kappa shape index (κ2) is 6.43. The highest BCUT2D eigenvalue weighted by molar-refractivity contribution is 7.92. The number of fused-ring (bicyclic) bond motifs is 1. The van der Waals surface area contributed by atoms with Gasteiger partial charge in [-0.05, 0) is 62.4 Å². The minimum absolute atomic E-state index is 0.114. The number of benzene rings is 2. The number of hydrogen-bond acceptors (Lipinski definition) is 5. The zero-order valence-electron chi connectivity index (χ0n) is 14.5. The van der Waals surface area contributed by atoms with E-state index in [0.717, 1.165) is 16.1 Å². The van der Waals surface area contributed by atoms with Gasteiger partial charge in [0.05, 0.1) is 20.8 Å². The summed E-state index contributed by atoms with van der Waals surface area (Å²) in [6.07, 6.45) is 0. The van der Waals surface area contributed by atoms with Gasteiger partial charge in [-0.2, -0.15) is 5.10 Å². The van der Waals surface area contributed by atoms with Gasteiger partial charge >= 0.3 is 0 Å². The molecule has 0 aliphatic rings. The van der Waals surface area contributed by atoms with Crippen LogP contribution < -0.4 is 4.72 Å². The molecule has 0 saturated carbocycles. The van der Waals surface area contributed by atoms with Gasteiger partial charge in [0.15, 0.2) is 0 Å². The quantitative estimate of drug-likeness (QED) is 0.559. The fraction of sp³-hybridized carbons (Fsp3) is 0.111. The van der Waals surface area contributed by atoms with E-state index in [1.165, 1.54) is 41.7 Å². The van der Waals surface area contributed by atoms with Gasteiger partial charge in [0.2, 0.25) is 5.13 Å². The van der Waals surface area contributed by atoms with Crippen molar-refractivity contribution >= 4 is 37.3 Å².